The van der Waals surface area contributed by atoms with E-state index in [9.17, 15) is 10.4 Å². The average Bonchev–Trinajstić information content (AvgIpc) is 2.83. The highest BCUT2D eigenvalue weighted by Gasteiger charge is 2.23. The molecule has 0 radical (unpaired) electrons. The van der Waals surface area contributed by atoms with Crippen molar-refractivity contribution in [1.29, 1.82) is 5.26 Å². The maximum absolute atomic E-state index is 10.7. The number of rotatable bonds is 7. The fraction of sp³-hybridized carbons (Fsp3) is 0.400. The Labute approximate surface area is 211 Å². The molecule has 0 spiro atoms. The van der Waals surface area contributed by atoms with Crippen LogP contribution in [0.4, 0.5) is 0 Å². The quantitative estimate of drug-likeness (QED) is 0.557. The minimum absolute atomic E-state index is 0. The van der Waals surface area contributed by atoms with Crippen LogP contribution in [-0.4, -0.2) is 61.2 Å². The minimum Gasteiger partial charge on any atom is -0.493 e. The summed E-state index contributed by atoms with van der Waals surface area (Å²) in [5.74, 6) is 1.80. The van der Waals surface area contributed by atoms with Gasteiger partial charge in [0.1, 0.15) is 11.0 Å². The Balaban J connectivity index is 0.00000204. The standard InChI is InChI=1S/C25H29N3O3S.ClH.H2O/c1-30-22-11-18-7-9-27-25(21(18)12-23(22)31-2)24(13-26)32-16-20(29)15-28-10-8-17-5-3-4-6-19(17)14-28;;/h3-6,11-12,20,27,29H,7-10,14-16H2,1-2H3;1H;1H2. The lowest BCUT2D eigenvalue weighted by atomic mass is 9.97. The number of hydrogen-bond donors (Lipinski definition) is 2. The number of benzene rings is 2. The van der Waals surface area contributed by atoms with Crippen LogP contribution in [0.2, 0.25) is 0 Å². The molecule has 4 N–H and O–H groups in total. The van der Waals surface area contributed by atoms with Crippen LogP contribution in [0.3, 0.4) is 0 Å². The molecule has 0 aliphatic carbocycles. The van der Waals surface area contributed by atoms with Gasteiger partial charge in [-0.1, -0.05) is 24.3 Å². The van der Waals surface area contributed by atoms with E-state index in [-0.39, 0.29) is 17.9 Å². The van der Waals surface area contributed by atoms with Crippen molar-refractivity contribution < 1.29 is 20.1 Å². The first-order chi connectivity index (χ1) is 15.6. The average molecular weight is 506 g/mol. The van der Waals surface area contributed by atoms with Gasteiger partial charge in [0.15, 0.2) is 11.5 Å². The molecule has 9 heteroatoms. The van der Waals surface area contributed by atoms with E-state index < -0.39 is 6.10 Å². The lowest BCUT2D eigenvalue weighted by molar-refractivity contribution is 0.122. The second-order valence-corrected chi connectivity index (χ2v) is 9.11. The summed E-state index contributed by atoms with van der Waals surface area (Å²) in [5.41, 5.74) is 5.63. The predicted octanol–water partition coefficient (Wildman–Crippen LogP) is 2.79. The number of allylic oxidation sites excluding steroid dienone is 1. The summed E-state index contributed by atoms with van der Waals surface area (Å²) in [6.45, 7) is 3.16. The summed E-state index contributed by atoms with van der Waals surface area (Å²) < 4.78 is 10.9. The maximum Gasteiger partial charge on any atom is 0.161 e. The van der Waals surface area contributed by atoms with Crippen LogP contribution in [0.15, 0.2) is 41.3 Å². The minimum atomic E-state index is -0.511. The van der Waals surface area contributed by atoms with Crippen molar-refractivity contribution in [2.24, 2.45) is 0 Å². The summed E-state index contributed by atoms with van der Waals surface area (Å²) in [6.07, 6.45) is 1.35. The summed E-state index contributed by atoms with van der Waals surface area (Å²) in [4.78, 5) is 2.87. The molecule has 1 unspecified atom stereocenters. The Bertz CT molecular complexity index is 1060. The van der Waals surface area contributed by atoms with Crippen LogP contribution in [0, 0.1) is 11.3 Å². The Kier molecular flexibility index (Phi) is 10.5. The highest BCUT2D eigenvalue weighted by molar-refractivity contribution is 8.03. The molecule has 1 atom stereocenters. The number of fused-ring (bicyclic) bond motifs is 2. The molecular formula is C25H32ClN3O4S. The molecule has 2 aromatic rings. The van der Waals surface area contributed by atoms with Gasteiger partial charge in [0.05, 0.1) is 26.0 Å². The molecule has 0 amide bonds. The predicted molar refractivity (Wildman–Crippen MR) is 139 cm³/mol. The van der Waals surface area contributed by atoms with Crippen LogP contribution in [0.5, 0.6) is 11.5 Å². The van der Waals surface area contributed by atoms with Gasteiger partial charge in [-0.25, -0.2) is 0 Å². The van der Waals surface area contributed by atoms with Gasteiger partial charge in [0.25, 0.3) is 0 Å². The molecule has 0 fully saturated rings. The van der Waals surface area contributed by atoms with Gasteiger partial charge in [-0.15, -0.1) is 24.2 Å². The summed E-state index contributed by atoms with van der Waals surface area (Å²) in [7, 11) is 3.24. The summed E-state index contributed by atoms with van der Waals surface area (Å²) >= 11 is 1.40. The number of aliphatic hydroxyl groups is 1. The smallest absolute Gasteiger partial charge is 0.161 e. The molecule has 2 heterocycles. The zero-order valence-electron chi connectivity index (χ0n) is 19.5. The molecule has 34 heavy (non-hydrogen) atoms. The molecule has 184 valence electrons. The van der Waals surface area contributed by atoms with Crippen molar-refractivity contribution in [3.63, 3.8) is 0 Å². The van der Waals surface area contributed by atoms with Gasteiger partial charge in [0.2, 0.25) is 0 Å². The van der Waals surface area contributed by atoms with Gasteiger partial charge in [-0.2, -0.15) is 5.26 Å². The Hall–Kier alpha value is -2.41. The van der Waals surface area contributed by atoms with Gasteiger partial charge < -0.3 is 25.4 Å². The topological polar surface area (TPSA) is 109 Å². The van der Waals surface area contributed by atoms with E-state index in [1.165, 1.54) is 22.9 Å². The first-order valence-electron chi connectivity index (χ1n) is 10.9. The van der Waals surface area contributed by atoms with Crippen LogP contribution >= 0.6 is 24.2 Å². The van der Waals surface area contributed by atoms with Gasteiger partial charge in [-0.3, -0.25) is 4.90 Å². The van der Waals surface area contributed by atoms with E-state index in [1.54, 1.807) is 14.2 Å². The number of nitrogens with one attached hydrogen (secondary N) is 1. The summed E-state index contributed by atoms with van der Waals surface area (Å²) in [6, 6.07) is 14.7. The van der Waals surface area contributed by atoms with E-state index in [1.807, 2.05) is 12.1 Å². The molecule has 0 saturated heterocycles. The lowest BCUT2D eigenvalue weighted by Gasteiger charge is -2.30. The highest BCUT2D eigenvalue weighted by Crippen LogP contribution is 2.37. The van der Waals surface area contributed by atoms with Gasteiger partial charge >= 0.3 is 0 Å². The van der Waals surface area contributed by atoms with Crippen molar-refractivity contribution in [3.05, 3.63) is 63.6 Å². The highest BCUT2D eigenvalue weighted by atomic mass is 35.5. The van der Waals surface area contributed by atoms with Crippen molar-refractivity contribution in [2.75, 3.05) is 39.6 Å². The first kappa shape index (κ1) is 27.8. The van der Waals surface area contributed by atoms with Crippen molar-refractivity contribution in [2.45, 2.75) is 25.5 Å². The lowest BCUT2D eigenvalue weighted by Crippen LogP contribution is -2.37. The Morgan fingerprint density at radius 2 is 1.85 bits per heavy atom. The third-order valence-electron chi connectivity index (χ3n) is 6.00. The first-order valence-corrected chi connectivity index (χ1v) is 11.8. The molecule has 4 rings (SSSR count). The van der Waals surface area contributed by atoms with Crippen LogP contribution < -0.4 is 14.8 Å². The number of nitrogens with zero attached hydrogens (tertiary/aromatic N) is 2. The number of nitriles is 1. The Morgan fingerprint density at radius 3 is 2.56 bits per heavy atom. The van der Waals surface area contributed by atoms with Crippen molar-refractivity contribution in [3.8, 4) is 17.6 Å². The number of hydrogen-bond acceptors (Lipinski definition) is 7. The fourth-order valence-corrected chi connectivity index (χ4v) is 5.24. The molecule has 7 nitrogen and oxygen atoms in total. The van der Waals surface area contributed by atoms with E-state index in [4.69, 9.17) is 9.47 Å². The third kappa shape index (κ3) is 6.17. The maximum atomic E-state index is 10.7. The molecule has 2 aromatic carbocycles. The molecule has 0 aromatic heterocycles. The van der Waals surface area contributed by atoms with Crippen LogP contribution in [0.25, 0.3) is 5.70 Å². The number of halogens is 1. The largest absolute Gasteiger partial charge is 0.493 e. The summed E-state index contributed by atoms with van der Waals surface area (Å²) in [5, 5.41) is 23.9. The third-order valence-corrected chi connectivity index (χ3v) is 7.14. The van der Waals surface area contributed by atoms with E-state index in [0.717, 1.165) is 49.3 Å². The number of methoxy groups -OCH3 is 2. The monoisotopic (exact) mass is 505 g/mol. The normalized spacial score (nSPS) is 16.9. The molecule has 2 aliphatic heterocycles. The number of β-amino-alcohol motifs (C(OH)–C–C–N with tert-alkyl or cyclic N) is 1. The SMILES string of the molecule is COc1cc2c(cc1OC)C(=C(C#N)SCC(O)CN1CCc3ccccc3C1)NCC2.Cl.O. The Morgan fingerprint density at radius 1 is 1.15 bits per heavy atom. The molecular weight excluding hydrogens is 474 g/mol. The van der Waals surface area contributed by atoms with Crippen molar-refractivity contribution in [1.82, 2.24) is 10.2 Å². The number of ether oxygens (including phenoxy) is 2. The van der Waals surface area contributed by atoms with Gasteiger partial charge in [-0.05, 0) is 41.7 Å². The number of thioether (sulfide) groups is 1. The second kappa shape index (κ2) is 12.9. The van der Waals surface area contributed by atoms with Crippen LogP contribution in [-0.2, 0) is 19.4 Å². The molecule has 0 saturated carbocycles. The number of aliphatic hydroxyl groups excluding tert-OH is 1. The van der Waals surface area contributed by atoms with Gasteiger partial charge in [0, 0.05) is 37.5 Å². The van der Waals surface area contributed by atoms with Crippen LogP contribution in [0.1, 0.15) is 22.3 Å². The van der Waals surface area contributed by atoms with E-state index in [0.29, 0.717) is 28.7 Å². The van der Waals surface area contributed by atoms with E-state index >= 15 is 0 Å². The van der Waals surface area contributed by atoms with E-state index in [2.05, 4.69) is 40.6 Å². The fourth-order valence-electron chi connectivity index (χ4n) is 4.38. The zero-order valence-corrected chi connectivity index (χ0v) is 21.1. The second-order valence-electron chi connectivity index (χ2n) is 8.08. The van der Waals surface area contributed by atoms with Crippen molar-refractivity contribution >= 4 is 29.9 Å². The zero-order chi connectivity index (χ0) is 22.5. The molecule has 0 bridgehead atoms. The molecule has 2 aliphatic rings.